The van der Waals surface area contributed by atoms with E-state index in [0.717, 1.165) is 0 Å². The Bertz CT molecular complexity index is 524. The van der Waals surface area contributed by atoms with Crippen LogP contribution in [-0.2, 0) is 4.79 Å². The maximum Gasteiger partial charge on any atom is 0.335 e. The van der Waals surface area contributed by atoms with Crippen LogP contribution in [0, 0.1) is 5.92 Å². The van der Waals surface area contributed by atoms with Crippen LogP contribution in [0.15, 0.2) is 24.3 Å². The van der Waals surface area contributed by atoms with Gasteiger partial charge in [-0.2, -0.15) is 0 Å². The molecule has 3 N–H and O–H groups in total. The van der Waals surface area contributed by atoms with Crippen LogP contribution in [0.2, 0.25) is 0 Å². The number of primary amides is 1. The molecule has 0 saturated carbocycles. The highest BCUT2D eigenvalue weighted by molar-refractivity contribution is 5.96. The number of amides is 2. The minimum atomic E-state index is -1.03. The first-order valence-corrected chi connectivity index (χ1v) is 5.91. The van der Waals surface area contributed by atoms with Crippen molar-refractivity contribution in [3.8, 4) is 0 Å². The lowest BCUT2D eigenvalue weighted by atomic mass is 10.1. The van der Waals surface area contributed by atoms with Crippen LogP contribution in [0.25, 0.3) is 0 Å². The molecule has 1 aromatic rings. The Morgan fingerprint density at radius 3 is 2.21 bits per heavy atom. The lowest BCUT2D eigenvalue weighted by molar-refractivity contribution is -0.121. The molecule has 2 amide bonds. The Balaban J connectivity index is 2.08. The number of nitrogens with two attached hydrogens (primary N) is 1. The molecule has 1 fully saturated rings. The Morgan fingerprint density at radius 1 is 1.16 bits per heavy atom. The summed E-state index contributed by atoms with van der Waals surface area (Å²) in [5.74, 6) is -1.92. The van der Waals surface area contributed by atoms with Crippen molar-refractivity contribution >= 4 is 17.8 Å². The van der Waals surface area contributed by atoms with Crippen LogP contribution in [0.5, 0.6) is 0 Å². The number of likely N-dealkylation sites (tertiary alicyclic amines) is 1. The molecule has 6 nitrogen and oxygen atoms in total. The van der Waals surface area contributed by atoms with Gasteiger partial charge >= 0.3 is 5.97 Å². The highest BCUT2D eigenvalue weighted by Crippen LogP contribution is 2.18. The van der Waals surface area contributed by atoms with Crippen LogP contribution < -0.4 is 5.73 Å². The predicted molar refractivity (Wildman–Crippen MR) is 66.6 cm³/mol. The number of aromatic carboxylic acids is 1. The van der Waals surface area contributed by atoms with E-state index in [2.05, 4.69) is 0 Å². The summed E-state index contributed by atoms with van der Waals surface area (Å²) in [6, 6.07) is 5.72. The zero-order valence-electron chi connectivity index (χ0n) is 10.2. The highest BCUT2D eigenvalue weighted by Gasteiger charge is 2.30. The summed E-state index contributed by atoms with van der Waals surface area (Å²) < 4.78 is 0. The Morgan fingerprint density at radius 2 is 1.74 bits per heavy atom. The van der Waals surface area contributed by atoms with Gasteiger partial charge in [-0.25, -0.2) is 4.79 Å². The summed E-state index contributed by atoms with van der Waals surface area (Å²) in [4.78, 5) is 35.4. The van der Waals surface area contributed by atoms with Crippen molar-refractivity contribution in [2.75, 3.05) is 13.1 Å². The average molecular weight is 262 g/mol. The number of hydrogen-bond donors (Lipinski definition) is 2. The molecule has 1 saturated heterocycles. The molecule has 0 bridgehead atoms. The molecule has 0 aromatic heterocycles. The molecule has 0 radical (unpaired) electrons. The summed E-state index contributed by atoms with van der Waals surface area (Å²) >= 11 is 0. The predicted octanol–water partition coefficient (Wildman–Crippen LogP) is 0.332. The molecule has 2 rings (SSSR count). The molecule has 6 heteroatoms. The van der Waals surface area contributed by atoms with Crippen LogP contribution in [0.4, 0.5) is 0 Å². The van der Waals surface area contributed by atoms with E-state index in [9.17, 15) is 14.4 Å². The zero-order valence-corrected chi connectivity index (χ0v) is 10.2. The van der Waals surface area contributed by atoms with Crippen molar-refractivity contribution in [1.29, 1.82) is 0 Å². The number of benzene rings is 1. The number of carbonyl (C=O) groups excluding carboxylic acids is 2. The minimum Gasteiger partial charge on any atom is -0.478 e. The fourth-order valence-electron chi connectivity index (χ4n) is 2.11. The lowest BCUT2D eigenvalue weighted by Crippen LogP contribution is -2.31. The van der Waals surface area contributed by atoms with E-state index < -0.39 is 11.9 Å². The van der Waals surface area contributed by atoms with Crippen molar-refractivity contribution in [3.63, 3.8) is 0 Å². The molecule has 1 aliphatic rings. The van der Waals surface area contributed by atoms with E-state index in [-0.39, 0.29) is 17.4 Å². The van der Waals surface area contributed by atoms with Gasteiger partial charge < -0.3 is 15.7 Å². The molecule has 19 heavy (non-hydrogen) atoms. The Hall–Kier alpha value is -2.37. The summed E-state index contributed by atoms with van der Waals surface area (Å²) in [6.07, 6.45) is 0.578. The van der Waals surface area contributed by atoms with E-state index in [1.165, 1.54) is 24.3 Å². The quantitative estimate of drug-likeness (QED) is 0.819. The second kappa shape index (κ2) is 5.09. The van der Waals surface area contributed by atoms with Gasteiger partial charge in [-0.05, 0) is 30.7 Å². The van der Waals surface area contributed by atoms with Crippen molar-refractivity contribution < 1.29 is 19.5 Å². The highest BCUT2D eigenvalue weighted by atomic mass is 16.4. The van der Waals surface area contributed by atoms with Gasteiger partial charge in [0.15, 0.2) is 0 Å². The molecule has 1 heterocycles. The zero-order chi connectivity index (χ0) is 14.0. The topological polar surface area (TPSA) is 101 Å². The second-order valence-corrected chi connectivity index (χ2v) is 4.52. The number of rotatable bonds is 3. The molecule has 0 aliphatic carbocycles. The summed E-state index contributed by atoms with van der Waals surface area (Å²) in [5.41, 5.74) is 5.75. The van der Waals surface area contributed by atoms with E-state index >= 15 is 0 Å². The number of carboxylic acid groups (broad SMARTS) is 1. The first-order chi connectivity index (χ1) is 8.99. The van der Waals surface area contributed by atoms with Crippen LogP contribution >= 0.6 is 0 Å². The number of carboxylic acids is 1. The van der Waals surface area contributed by atoms with Crippen molar-refractivity contribution in [1.82, 2.24) is 4.90 Å². The van der Waals surface area contributed by atoms with Crippen molar-refractivity contribution in [2.24, 2.45) is 11.7 Å². The van der Waals surface area contributed by atoms with E-state index in [0.29, 0.717) is 25.1 Å². The van der Waals surface area contributed by atoms with E-state index in [1.807, 2.05) is 0 Å². The Labute approximate surface area is 109 Å². The molecule has 1 aliphatic heterocycles. The fourth-order valence-corrected chi connectivity index (χ4v) is 2.11. The average Bonchev–Trinajstić information content (AvgIpc) is 2.87. The third kappa shape index (κ3) is 2.73. The number of nitrogens with zero attached hydrogens (tertiary/aromatic N) is 1. The van der Waals surface area contributed by atoms with Crippen LogP contribution in [-0.4, -0.2) is 40.9 Å². The van der Waals surface area contributed by atoms with Gasteiger partial charge in [0.25, 0.3) is 5.91 Å². The summed E-state index contributed by atoms with van der Waals surface area (Å²) in [5, 5.41) is 8.77. The minimum absolute atomic E-state index is 0.132. The van der Waals surface area contributed by atoms with Gasteiger partial charge in [-0.1, -0.05) is 0 Å². The van der Waals surface area contributed by atoms with Crippen molar-refractivity contribution in [2.45, 2.75) is 6.42 Å². The standard InChI is InChI=1S/C13H14N2O4/c14-11(16)10-5-6-15(7-10)12(17)8-1-3-9(4-2-8)13(18)19/h1-4,10H,5-7H2,(H2,14,16)(H,18,19). The SMILES string of the molecule is NC(=O)C1CCN(C(=O)c2ccc(C(=O)O)cc2)C1. The van der Waals surface area contributed by atoms with E-state index in [4.69, 9.17) is 10.8 Å². The molecular formula is C13H14N2O4. The van der Waals surface area contributed by atoms with Gasteiger partial charge in [0, 0.05) is 18.7 Å². The largest absolute Gasteiger partial charge is 0.478 e. The maximum atomic E-state index is 12.1. The lowest BCUT2D eigenvalue weighted by Gasteiger charge is -2.15. The molecular weight excluding hydrogens is 248 g/mol. The summed E-state index contributed by atoms with van der Waals surface area (Å²) in [6.45, 7) is 0.821. The van der Waals surface area contributed by atoms with Gasteiger partial charge in [0.2, 0.25) is 5.91 Å². The maximum absolute atomic E-state index is 12.1. The molecule has 1 aromatic carbocycles. The second-order valence-electron chi connectivity index (χ2n) is 4.52. The van der Waals surface area contributed by atoms with Crippen LogP contribution in [0.1, 0.15) is 27.1 Å². The number of hydrogen-bond acceptors (Lipinski definition) is 3. The van der Waals surface area contributed by atoms with Crippen LogP contribution in [0.3, 0.4) is 0 Å². The first kappa shape index (κ1) is 13.1. The molecule has 0 spiro atoms. The van der Waals surface area contributed by atoms with Crippen molar-refractivity contribution in [3.05, 3.63) is 35.4 Å². The normalized spacial score (nSPS) is 18.3. The third-order valence-corrected chi connectivity index (χ3v) is 3.26. The third-order valence-electron chi connectivity index (χ3n) is 3.26. The smallest absolute Gasteiger partial charge is 0.335 e. The van der Waals surface area contributed by atoms with Gasteiger partial charge in [0.1, 0.15) is 0 Å². The van der Waals surface area contributed by atoms with Gasteiger partial charge in [-0.15, -0.1) is 0 Å². The number of carbonyl (C=O) groups is 3. The van der Waals surface area contributed by atoms with Gasteiger partial charge in [-0.3, -0.25) is 9.59 Å². The molecule has 1 unspecified atom stereocenters. The fraction of sp³-hybridized carbons (Fsp3) is 0.308. The molecule has 1 atom stereocenters. The molecule has 100 valence electrons. The Kier molecular flexibility index (Phi) is 3.50. The summed E-state index contributed by atoms with van der Waals surface area (Å²) in [7, 11) is 0. The van der Waals surface area contributed by atoms with E-state index in [1.54, 1.807) is 4.90 Å². The first-order valence-electron chi connectivity index (χ1n) is 5.91. The monoisotopic (exact) mass is 262 g/mol. The van der Waals surface area contributed by atoms with Gasteiger partial charge in [0.05, 0.1) is 11.5 Å².